The van der Waals surface area contributed by atoms with Crippen LogP contribution in [0.2, 0.25) is 0 Å². The van der Waals surface area contributed by atoms with Crippen LogP contribution < -0.4 is 0 Å². The number of fused-ring (bicyclic) bond motifs is 6. The first-order valence-electron chi connectivity index (χ1n) is 15.9. The summed E-state index contributed by atoms with van der Waals surface area (Å²) in [5.41, 5.74) is 13.2. The first-order valence-corrected chi connectivity index (χ1v) is 15.9. The molecule has 1 aliphatic carbocycles. The zero-order valence-corrected chi connectivity index (χ0v) is 25.5. The van der Waals surface area contributed by atoms with E-state index in [1.165, 1.54) is 88.0 Å². The van der Waals surface area contributed by atoms with Gasteiger partial charge in [-0.3, -0.25) is 0 Å². The fourth-order valence-electron chi connectivity index (χ4n) is 7.99. The van der Waals surface area contributed by atoms with Gasteiger partial charge in [0, 0.05) is 5.41 Å². The third kappa shape index (κ3) is 3.79. The molecule has 212 valence electrons. The van der Waals surface area contributed by atoms with Crippen LogP contribution in [0.5, 0.6) is 0 Å². The van der Waals surface area contributed by atoms with E-state index in [0.717, 1.165) is 0 Å². The lowest BCUT2D eigenvalue weighted by Crippen LogP contribution is -2.14. The van der Waals surface area contributed by atoms with Crippen LogP contribution in [0.25, 0.3) is 76.8 Å². The molecule has 0 radical (unpaired) electrons. The van der Waals surface area contributed by atoms with E-state index in [1.54, 1.807) is 0 Å². The molecule has 0 aromatic heterocycles. The minimum absolute atomic E-state index is 0.0424. The van der Waals surface area contributed by atoms with Crippen molar-refractivity contribution in [2.75, 3.05) is 0 Å². The van der Waals surface area contributed by atoms with E-state index in [-0.39, 0.29) is 5.41 Å². The minimum atomic E-state index is -0.0424. The average Bonchev–Trinajstić information content (AvgIpc) is 3.33. The summed E-state index contributed by atoms with van der Waals surface area (Å²) in [6, 6.07) is 58.3. The van der Waals surface area contributed by atoms with Gasteiger partial charge in [0.25, 0.3) is 0 Å². The maximum Gasteiger partial charge on any atom is 0.0159 e. The molecule has 0 N–H and O–H groups in total. The Morgan fingerprint density at radius 2 is 0.778 bits per heavy atom. The van der Waals surface area contributed by atoms with Crippen molar-refractivity contribution in [3.63, 3.8) is 0 Å². The second-order valence-electron chi connectivity index (χ2n) is 12.8. The summed E-state index contributed by atoms with van der Waals surface area (Å²) in [6.45, 7) is 4.73. The maximum atomic E-state index is 2.36. The highest BCUT2D eigenvalue weighted by Gasteiger charge is 2.37. The molecule has 0 atom stereocenters. The first kappa shape index (κ1) is 26.0. The average molecular weight is 573 g/mol. The number of rotatable bonds is 3. The molecule has 0 nitrogen and oxygen atoms in total. The molecule has 45 heavy (non-hydrogen) atoms. The van der Waals surface area contributed by atoms with Crippen molar-refractivity contribution in [3.8, 4) is 44.5 Å². The maximum absolute atomic E-state index is 2.36. The third-order valence-corrected chi connectivity index (χ3v) is 10.1. The Morgan fingerprint density at radius 1 is 0.311 bits per heavy atom. The standard InChI is InChI=1S/C45H32/c1-45(2)40-23-10-9-20-38(40)44-39(22-12-24-41(44)45)43-36-18-7-5-16-34(36)42(35-17-6-8-19-37(35)43)31-27-25-30(26-28-31)33-21-11-14-29-13-3-4-15-32(29)33/h3-28H,1-2H3. The van der Waals surface area contributed by atoms with Gasteiger partial charge >= 0.3 is 0 Å². The molecule has 8 aromatic carbocycles. The normalized spacial score (nSPS) is 13.3. The van der Waals surface area contributed by atoms with Crippen LogP contribution >= 0.6 is 0 Å². The Labute approximate surface area is 264 Å². The molecule has 0 spiro atoms. The molecule has 0 aliphatic heterocycles. The second-order valence-corrected chi connectivity index (χ2v) is 12.8. The molecular formula is C45H32. The lowest BCUT2D eigenvalue weighted by molar-refractivity contribution is 0.660. The summed E-state index contributed by atoms with van der Waals surface area (Å²) >= 11 is 0. The van der Waals surface area contributed by atoms with Crippen LogP contribution in [0.1, 0.15) is 25.0 Å². The number of benzene rings is 8. The van der Waals surface area contributed by atoms with E-state index in [4.69, 9.17) is 0 Å². The van der Waals surface area contributed by atoms with Gasteiger partial charge in [-0.2, -0.15) is 0 Å². The van der Waals surface area contributed by atoms with Crippen LogP contribution in [-0.2, 0) is 5.41 Å². The van der Waals surface area contributed by atoms with Gasteiger partial charge in [-0.15, -0.1) is 0 Å². The summed E-state index contributed by atoms with van der Waals surface area (Å²) in [5.74, 6) is 0. The molecule has 0 heterocycles. The van der Waals surface area contributed by atoms with Gasteiger partial charge in [-0.05, 0) is 88.0 Å². The zero-order chi connectivity index (χ0) is 30.1. The lowest BCUT2D eigenvalue weighted by atomic mass is 9.80. The highest BCUT2D eigenvalue weighted by Crippen LogP contribution is 2.54. The van der Waals surface area contributed by atoms with E-state index in [0.29, 0.717) is 0 Å². The predicted molar refractivity (Wildman–Crippen MR) is 193 cm³/mol. The second kappa shape index (κ2) is 9.78. The van der Waals surface area contributed by atoms with Crippen LogP contribution in [0.3, 0.4) is 0 Å². The number of hydrogen-bond donors (Lipinski definition) is 0. The van der Waals surface area contributed by atoms with E-state index < -0.39 is 0 Å². The van der Waals surface area contributed by atoms with Crippen molar-refractivity contribution in [1.82, 2.24) is 0 Å². The lowest BCUT2D eigenvalue weighted by Gasteiger charge is -2.22. The van der Waals surface area contributed by atoms with Gasteiger partial charge in [-0.25, -0.2) is 0 Å². The van der Waals surface area contributed by atoms with Crippen LogP contribution in [-0.4, -0.2) is 0 Å². The molecule has 1 aliphatic rings. The van der Waals surface area contributed by atoms with Crippen molar-refractivity contribution in [2.24, 2.45) is 0 Å². The molecule has 9 rings (SSSR count). The molecule has 0 bridgehead atoms. The fourth-order valence-corrected chi connectivity index (χ4v) is 7.99. The minimum Gasteiger partial charge on any atom is -0.0619 e. The first-order chi connectivity index (χ1) is 22.1. The Hall–Kier alpha value is -5.46. The van der Waals surface area contributed by atoms with Gasteiger partial charge in [0.1, 0.15) is 0 Å². The summed E-state index contributed by atoms with van der Waals surface area (Å²) < 4.78 is 0. The van der Waals surface area contributed by atoms with E-state index in [2.05, 4.69) is 172 Å². The van der Waals surface area contributed by atoms with Crippen LogP contribution in [0.4, 0.5) is 0 Å². The molecule has 8 aromatic rings. The van der Waals surface area contributed by atoms with Gasteiger partial charge in [0.15, 0.2) is 0 Å². The van der Waals surface area contributed by atoms with Gasteiger partial charge < -0.3 is 0 Å². The SMILES string of the molecule is CC1(C)c2ccccc2-c2c(-c3c4ccccc4c(-c4ccc(-c5cccc6ccccc56)cc4)c4ccccc34)cccc21. The Bertz CT molecular complexity index is 2380. The van der Waals surface area contributed by atoms with Gasteiger partial charge in [-0.1, -0.05) is 172 Å². The summed E-state index contributed by atoms with van der Waals surface area (Å²) in [4.78, 5) is 0. The summed E-state index contributed by atoms with van der Waals surface area (Å²) in [7, 11) is 0. The highest BCUT2D eigenvalue weighted by atomic mass is 14.4. The molecule has 0 unspecified atom stereocenters. The molecule has 0 fully saturated rings. The molecule has 0 saturated heterocycles. The van der Waals surface area contributed by atoms with Crippen molar-refractivity contribution < 1.29 is 0 Å². The quantitative estimate of drug-likeness (QED) is 0.185. The zero-order valence-electron chi connectivity index (χ0n) is 25.5. The molecule has 0 amide bonds. The van der Waals surface area contributed by atoms with E-state index in [9.17, 15) is 0 Å². The van der Waals surface area contributed by atoms with Crippen LogP contribution in [0.15, 0.2) is 158 Å². The smallest absolute Gasteiger partial charge is 0.0159 e. The van der Waals surface area contributed by atoms with Crippen molar-refractivity contribution >= 4 is 32.3 Å². The van der Waals surface area contributed by atoms with E-state index in [1.807, 2.05) is 0 Å². The summed E-state index contributed by atoms with van der Waals surface area (Å²) in [5, 5.41) is 7.71. The Morgan fingerprint density at radius 3 is 1.49 bits per heavy atom. The summed E-state index contributed by atoms with van der Waals surface area (Å²) in [6.07, 6.45) is 0. The molecular weight excluding hydrogens is 540 g/mol. The predicted octanol–water partition coefficient (Wildman–Crippen LogP) is 12.5. The highest BCUT2D eigenvalue weighted by molar-refractivity contribution is 6.22. The Kier molecular flexibility index (Phi) is 5.64. The third-order valence-electron chi connectivity index (χ3n) is 10.1. The number of hydrogen-bond acceptors (Lipinski definition) is 0. The largest absolute Gasteiger partial charge is 0.0619 e. The van der Waals surface area contributed by atoms with Gasteiger partial charge in [0.2, 0.25) is 0 Å². The van der Waals surface area contributed by atoms with Crippen molar-refractivity contribution in [1.29, 1.82) is 0 Å². The van der Waals surface area contributed by atoms with E-state index >= 15 is 0 Å². The monoisotopic (exact) mass is 572 g/mol. The topological polar surface area (TPSA) is 0 Å². The molecule has 0 saturated carbocycles. The Balaban J connectivity index is 1.30. The fraction of sp³-hybridized carbons (Fsp3) is 0.0667. The molecule has 0 heteroatoms. The van der Waals surface area contributed by atoms with Crippen LogP contribution in [0, 0.1) is 0 Å². The van der Waals surface area contributed by atoms with Gasteiger partial charge in [0.05, 0.1) is 0 Å². The van der Waals surface area contributed by atoms with Crippen molar-refractivity contribution in [2.45, 2.75) is 19.3 Å². The van der Waals surface area contributed by atoms with Crippen molar-refractivity contribution in [3.05, 3.63) is 169 Å².